The maximum absolute atomic E-state index is 2.45. The molecular weight excluding hydrogens is 174 g/mol. The summed E-state index contributed by atoms with van der Waals surface area (Å²) in [6.07, 6.45) is 2.68. The Labute approximate surface area is 77.7 Å². The predicted molar refractivity (Wildman–Crippen MR) is 56.2 cm³/mol. The van der Waals surface area contributed by atoms with Gasteiger partial charge in [0.15, 0.2) is 0 Å². The summed E-state index contributed by atoms with van der Waals surface area (Å²) in [7, 11) is 6.33. The first-order valence-electron chi connectivity index (χ1n) is 4.29. The number of nitrogens with zero attached hydrogens (tertiary/aromatic N) is 1. The van der Waals surface area contributed by atoms with Crippen LogP contribution in [0, 0.1) is 0 Å². The fourth-order valence-corrected chi connectivity index (χ4v) is 4.29. The second-order valence-electron chi connectivity index (χ2n) is 3.09. The van der Waals surface area contributed by atoms with Crippen molar-refractivity contribution in [2.45, 2.75) is 25.0 Å². The van der Waals surface area contributed by atoms with Crippen LogP contribution in [0.4, 0.5) is 0 Å². The Balaban J connectivity index is 2.08. The Morgan fingerprint density at radius 1 is 1.55 bits per heavy atom. The molecule has 1 rings (SSSR count). The lowest BCUT2D eigenvalue weighted by Crippen LogP contribution is -2.26. The van der Waals surface area contributed by atoms with E-state index in [-0.39, 0.29) is 0 Å². The Kier molecular flexibility index (Phi) is 4.72. The molecule has 1 saturated heterocycles. The SMILES string of the molecule is CCCN(C)CC1CCSS1. The Bertz CT molecular complexity index is 102. The fraction of sp³-hybridized carbons (Fsp3) is 1.00. The van der Waals surface area contributed by atoms with Gasteiger partial charge >= 0.3 is 0 Å². The van der Waals surface area contributed by atoms with E-state index in [1.54, 1.807) is 0 Å². The molecule has 0 aliphatic carbocycles. The van der Waals surface area contributed by atoms with E-state index in [4.69, 9.17) is 0 Å². The van der Waals surface area contributed by atoms with Gasteiger partial charge in [0, 0.05) is 17.5 Å². The minimum Gasteiger partial charge on any atom is -0.305 e. The summed E-state index contributed by atoms with van der Waals surface area (Å²) >= 11 is 0. The van der Waals surface area contributed by atoms with Crippen LogP contribution >= 0.6 is 21.6 Å². The molecule has 0 saturated carbocycles. The molecule has 66 valence electrons. The van der Waals surface area contributed by atoms with Crippen LogP contribution in [0.1, 0.15) is 19.8 Å². The van der Waals surface area contributed by atoms with Gasteiger partial charge in [-0.3, -0.25) is 0 Å². The van der Waals surface area contributed by atoms with E-state index >= 15 is 0 Å². The molecule has 0 aromatic rings. The number of rotatable bonds is 4. The van der Waals surface area contributed by atoms with Gasteiger partial charge < -0.3 is 4.90 Å². The molecule has 1 heterocycles. The molecule has 0 bridgehead atoms. The molecule has 1 aliphatic rings. The third-order valence-electron chi connectivity index (χ3n) is 1.85. The Morgan fingerprint density at radius 3 is 2.91 bits per heavy atom. The molecule has 0 aromatic heterocycles. The lowest BCUT2D eigenvalue weighted by Gasteiger charge is -2.18. The van der Waals surface area contributed by atoms with E-state index in [1.807, 2.05) is 10.8 Å². The molecule has 0 N–H and O–H groups in total. The van der Waals surface area contributed by atoms with Crippen molar-refractivity contribution in [3.8, 4) is 0 Å². The van der Waals surface area contributed by atoms with Crippen LogP contribution < -0.4 is 0 Å². The fourth-order valence-electron chi connectivity index (χ4n) is 1.31. The molecule has 0 aromatic carbocycles. The van der Waals surface area contributed by atoms with Gasteiger partial charge in [0.25, 0.3) is 0 Å². The second-order valence-corrected chi connectivity index (χ2v) is 5.88. The maximum Gasteiger partial charge on any atom is 0.0286 e. The second kappa shape index (κ2) is 5.33. The summed E-state index contributed by atoms with van der Waals surface area (Å²) in [6.45, 7) is 4.78. The topological polar surface area (TPSA) is 3.24 Å². The summed E-state index contributed by atoms with van der Waals surface area (Å²) in [5.74, 6) is 1.36. The minimum atomic E-state index is 0.900. The van der Waals surface area contributed by atoms with Crippen LogP contribution in [0.5, 0.6) is 0 Å². The summed E-state index contributed by atoms with van der Waals surface area (Å²) in [6, 6.07) is 0. The van der Waals surface area contributed by atoms with Crippen LogP contribution in [-0.2, 0) is 0 Å². The number of hydrogen-bond donors (Lipinski definition) is 0. The van der Waals surface area contributed by atoms with Gasteiger partial charge in [0.1, 0.15) is 0 Å². The van der Waals surface area contributed by atoms with Crippen LogP contribution in [0.2, 0.25) is 0 Å². The Hall–Kier alpha value is 0.660. The number of hydrogen-bond acceptors (Lipinski definition) is 3. The lowest BCUT2D eigenvalue weighted by atomic mass is 10.3. The average Bonchev–Trinajstić information content (AvgIpc) is 2.40. The molecule has 1 unspecified atom stereocenters. The van der Waals surface area contributed by atoms with E-state index < -0.39 is 0 Å². The van der Waals surface area contributed by atoms with E-state index in [9.17, 15) is 0 Å². The van der Waals surface area contributed by atoms with Crippen molar-refractivity contribution in [1.82, 2.24) is 4.90 Å². The molecule has 1 atom stereocenters. The average molecular weight is 191 g/mol. The molecule has 11 heavy (non-hydrogen) atoms. The highest BCUT2D eigenvalue weighted by molar-refractivity contribution is 8.77. The van der Waals surface area contributed by atoms with Crippen molar-refractivity contribution in [3.05, 3.63) is 0 Å². The van der Waals surface area contributed by atoms with E-state index in [0.29, 0.717) is 0 Å². The quantitative estimate of drug-likeness (QED) is 0.629. The van der Waals surface area contributed by atoms with Crippen LogP contribution in [0.15, 0.2) is 0 Å². The molecule has 0 spiro atoms. The van der Waals surface area contributed by atoms with Gasteiger partial charge in [-0.1, -0.05) is 28.5 Å². The lowest BCUT2D eigenvalue weighted by molar-refractivity contribution is 0.334. The molecule has 1 aliphatic heterocycles. The highest BCUT2D eigenvalue weighted by Gasteiger charge is 2.17. The first-order chi connectivity index (χ1) is 5.33. The standard InChI is InChI=1S/C8H17NS2/c1-3-5-9(2)7-8-4-6-10-11-8/h8H,3-7H2,1-2H3. The van der Waals surface area contributed by atoms with Crippen LogP contribution in [0.25, 0.3) is 0 Å². The molecular formula is C8H17NS2. The van der Waals surface area contributed by atoms with Crippen LogP contribution in [-0.4, -0.2) is 36.0 Å². The monoisotopic (exact) mass is 191 g/mol. The van der Waals surface area contributed by atoms with E-state index in [0.717, 1.165) is 5.25 Å². The molecule has 1 nitrogen and oxygen atoms in total. The zero-order valence-corrected chi connectivity index (χ0v) is 9.01. The Morgan fingerprint density at radius 2 is 2.36 bits per heavy atom. The summed E-state index contributed by atoms with van der Waals surface area (Å²) in [5.41, 5.74) is 0. The molecule has 0 amide bonds. The summed E-state index contributed by atoms with van der Waals surface area (Å²) in [4.78, 5) is 2.45. The van der Waals surface area contributed by atoms with Gasteiger partial charge in [0.2, 0.25) is 0 Å². The largest absolute Gasteiger partial charge is 0.305 e. The normalized spacial score (nSPS) is 24.8. The summed E-state index contributed by atoms with van der Waals surface area (Å²) < 4.78 is 0. The molecule has 0 radical (unpaired) electrons. The third kappa shape index (κ3) is 3.72. The van der Waals surface area contributed by atoms with Crippen molar-refractivity contribution in [2.75, 3.05) is 25.9 Å². The van der Waals surface area contributed by atoms with Crippen molar-refractivity contribution >= 4 is 21.6 Å². The summed E-state index contributed by atoms with van der Waals surface area (Å²) in [5, 5.41) is 0.900. The third-order valence-corrected chi connectivity index (χ3v) is 4.77. The van der Waals surface area contributed by atoms with E-state index in [2.05, 4.69) is 29.7 Å². The van der Waals surface area contributed by atoms with Gasteiger partial charge in [-0.2, -0.15) is 0 Å². The zero-order chi connectivity index (χ0) is 8.10. The van der Waals surface area contributed by atoms with Gasteiger partial charge in [-0.15, -0.1) is 0 Å². The van der Waals surface area contributed by atoms with Gasteiger partial charge in [-0.25, -0.2) is 0 Å². The minimum absolute atomic E-state index is 0.900. The van der Waals surface area contributed by atoms with Crippen LogP contribution in [0.3, 0.4) is 0 Å². The first kappa shape index (κ1) is 9.75. The first-order valence-corrected chi connectivity index (χ1v) is 6.68. The smallest absolute Gasteiger partial charge is 0.0286 e. The predicted octanol–water partition coefficient (Wildman–Crippen LogP) is 2.48. The molecule has 3 heteroatoms. The van der Waals surface area contributed by atoms with Gasteiger partial charge in [-0.05, 0) is 26.4 Å². The van der Waals surface area contributed by atoms with Gasteiger partial charge in [0.05, 0.1) is 0 Å². The van der Waals surface area contributed by atoms with Crippen molar-refractivity contribution < 1.29 is 0 Å². The highest BCUT2D eigenvalue weighted by Crippen LogP contribution is 2.37. The van der Waals surface area contributed by atoms with E-state index in [1.165, 1.54) is 31.7 Å². The maximum atomic E-state index is 2.45. The van der Waals surface area contributed by atoms with Crippen molar-refractivity contribution in [1.29, 1.82) is 0 Å². The van der Waals surface area contributed by atoms with Crippen molar-refractivity contribution in [2.24, 2.45) is 0 Å². The zero-order valence-electron chi connectivity index (χ0n) is 7.38. The van der Waals surface area contributed by atoms with Crippen molar-refractivity contribution in [3.63, 3.8) is 0 Å². The molecule has 1 fully saturated rings. The highest BCUT2D eigenvalue weighted by atomic mass is 33.1.